The van der Waals surface area contributed by atoms with Crippen molar-refractivity contribution in [1.82, 2.24) is 4.90 Å². The summed E-state index contributed by atoms with van der Waals surface area (Å²) in [5, 5.41) is 3.12. The summed E-state index contributed by atoms with van der Waals surface area (Å²) in [7, 11) is 2.37. The number of hydrogen-bond acceptors (Lipinski definition) is 2. The van der Waals surface area contributed by atoms with Crippen LogP contribution in [0.25, 0.3) is 0 Å². The molecule has 1 aromatic rings. The normalized spacial score (nSPS) is 16.2. The molecule has 0 aromatic heterocycles. The lowest BCUT2D eigenvalue weighted by molar-refractivity contribution is 0.361. The molecular formula is C30H49NOSi. The lowest BCUT2D eigenvalue weighted by atomic mass is 10.00. The summed E-state index contributed by atoms with van der Waals surface area (Å²) < 4.78 is 6.50. The highest BCUT2D eigenvalue weighted by molar-refractivity contribution is 6.96. The molecule has 184 valence electrons. The molecule has 0 aliphatic heterocycles. The molecule has 2 rings (SSSR count). The van der Waals surface area contributed by atoms with Gasteiger partial charge in [0.1, 0.15) is 20.4 Å². The maximum Gasteiger partial charge on any atom is 0.122 e. The molecule has 0 amide bonds. The third-order valence-corrected chi connectivity index (χ3v) is 11.0. The first-order valence-electron chi connectivity index (χ1n) is 13.2. The maximum absolute atomic E-state index is 6.50. The van der Waals surface area contributed by atoms with Crippen LogP contribution in [-0.4, -0.2) is 33.7 Å². The molecule has 0 bridgehead atoms. The van der Waals surface area contributed by atoms with Crippen LogP contribution in [0.1, 0.15) is 77.3 Å². The zero-order chi connectivity index (χ0) is 24.6. The van der Waals surface area contributed by atoms with Gasteiger partial charge in [0.2, 0.25) is 0 Å². The molecule has 1 atom stereocenters. The molecule has 33 heavy (non-hydrogen) atoms. The van der Waals surface area contributed by atoms with Crippen LogP contribution in [0.4, 0.5) is 0 Å². The van der Waals surface area contributed by atoms with E-state index in [2.05, 4.69) is 84.6 Å². The van der Waals surface area contributed by atoms with Gasteiger partial charge in [-0.3, -0.25) is 0 Å². The second kappa shape index (κ2) is 12.6. The summed E-state index contributed by atoms with van der Waals surface area (Å²) in [6.45, 7) is 18.8. The van der Waals surface area contributed by atoms with Gasteiger partial charge >= 0.3 is 0 Å². The van der Waals surface area contributed by atoms with Gasteiger partial charge in [-0.05, 0) is 66.1 Å². The molecule has 0 spiro atoms. The van der Waals surface area contributed by atoms with Crippen LogP contribution < -0.4 is 9.92 Å². The summed E-state index contributed by atoms with van der Waals surface area (Å²) in [4.78, 5) is 2.31. The van der Waals surface area contributed by atoms with Gasteiger partial charge in [-0.15, -0.1) is 0 Å². The lowest BCUT2D eigenvalue weighted by Crippen LogP contribution is -2.47. The quantitative estimate of drug-likeness (QED) is 0.159. The van der Waals surface area contributed by atoms with Crippen molar-refractivity contribution in [3.05, 3.63) is 58.5 Å². The molecule has 0 heterocycles. The van der Waals surface area contributed by atoms with E-state index < -0.39 is 8.07 Å². The zero-order valence-electron chi connectivity index (χ0n) is 22.8. The first kappa shape index (κ1) is 27.5. The van der Waals surface area contributed by atoms with Crippen LogP contribution in [0.2, 0.25) is 13.1 Å². The van der Waals surface area contributed by atoms with Crippen LogP contribution in [0.15, 0.2) is 47.3 Å². The molecule has 0 saturated heterocycles. The van der Waals surface area contributed by atoms with E-state index in [0.717, 1.165) is 12.2 Å². The Morgan fingerprint density at radius 2 is 1.67 bits per heavy atom. The standard InChI is InChI=1S/C30H49NOSi/c1-10-13-15-17-25-21-26(18-16-14-11-2)29(32-19-12-3)28(22-25)33(8,9)30-24(5)23(4)20-27(30)31(6)7/h12,20-22,24H,3,10-11,13-19H2,1-2,4-9H3. The molecule has 0 N–H and O–H groups in total. The van der Waals surface area contributed by atoms with Crippen molar-refractivity contribution < 1.29 is 4.74 Å². The summed E-state index contributed by atoms with van der Waals surface area (Å²) >= 11 is 0. The number of allylic oxidation sites excluding steroid dienone is 3. The Morgan fingerprint density at radius 3 is 2.24 bits per heavy atom. The molecule has 0 radical (unpaired) electrons. The molecule has 3 heteroatoms. The first-order chi connectivity index (χ1) is 15.7. The highest BCUT2D eigenvalue weighted by Crippen LogP contribution is 2.39. The van der Waals surface area contributed by atoms with Crippen molar-refractivity contribution in [2.45, 2.75) is 92.2 Å². The van der Waals surface area contributed by atoms with Crippen molar-refractivity contribution >= 4 is 13.3 Å². The number of rotatable bonds is 14. The second-order valence-electron chi connectivity index (χ2n) is 10.6. The van der Waals surface area contributed by atoms with Gasteiger partial charge in [-0.25, -0.2) is 0 Å². The van der Waals surface area contributed by atoms with Gasteiger partial charge in [0.05, 0.1) is 0 Å². The van der Waals surface area contributed by atoms with Gasteiger partial charge in [0.25, 0.3) is 0 Å². The van der Waals surface area contributed by atoms with Crippen molar-refractivity contribution in [2.24, 2.45) is 5.92 Å². The Bertz CT molecular complexity index is 862. The molecule has 1 aliphatic carbocycles. The lowest BCUT2D eigenvalue weighted by Gasteiger charge is -2.34. The molecular weight excluding hydrogens is 418 g/mol. The molecule has 0 fully saturated rings. The Kier molecular flexibility index (Phi) is 10.5. The summed E-state index contributed by atoms with van der Waals surface area (Å²) in [5.41, 5.74) is 5.80. The Labute approximate surface area is 205 Å². The van der Waals surface area contributed by atoms with Gasteiger partial charge in [-0.2, -0.15) is 0 Å². The van der Waals surface area contributed by atoms with E-state index in [-0.39, 0.29) is 0 Å². The van der Waals surface area contributed by atoms with Crippen molar-refractivity contribution in [3.63, 3.8) is 0 Å². The fraction of sp³-hybridized carbons (Fsp3) is 0.600. The fourth-order valence-electron chi connectivity index (χ4n) is 5.25. The van der Waals surface area contributed by atoms with E-state index in [0.29, 0.717) is 12.5 Å². The van der Waals surface area contributed by atoms with Gasteiger partial charge in [0.15, 0.2) is 0 Å². The largest absolute Gasteiger partial charge is 0.489 e. The fourth-order valence-corrected chi connectivity index (χ4v) is 9.13. The average molecular weight is 468 g/mol. The van der Waals surface area contributed by atoms with E-state index in [9.17, 15) is 0 Å². The minimum absolute atomic E-state index is 0.489. The third-order valence-electron chi connectivity index (χ3n) is 7.27. The number of unbranched alkanes of at least 4 members (excludes halogenated alkanes) is 4. The molecule has 1 unspecified atom stereocenters. The van der Waals surface area contributed by atoms with E-state index in [1.54, 1.807) is 5.20 Å². The van der Waals surface area contributed by atoms with Crippen LogP contribution in [-0.2, 0) is 12.8 Å². The van der Waals surface area contributed by atoms with E-state index in [1.165, 1.54) is 72.5 Å². The van der Waals surface area contributed by atoms with Gasteiger partial charge in [0, 0.05) is 19.8 Å². The van der Waals surface area contributed by atoms with Crippen LogP contribution in [0.3, 0.4) is 0 Å². The van der Waals surface area contributed by atoms with Gasteiger partial charge < -0.3 is 9.64 Å². The van der Waals surface area contributed by atoms with Crippen molar-refractivity contribution in [2.75, 3.05) is 20.7 Å². The van der Waals surface area contributed by atoms with E-state index in [4.69, 9.17) is 4.74 Å². The minimum atomic E-state index is -2.00. The number of likely N-dealkylation sites (N-methyl/N-ethyl adjacent to an activating group) is 1. The van der Waals surface area contributed by atoms with E-state index in [1.807, 2.05) is 6.08 Å². The minimum Gasteiger partial charge on any atom is -0.489 e. The second-order valence-corrected chi connectivity index (χ2v) is 14.9. The Hall–Kier alpha value is -1.74. The predicted molar refractivity (Wildman–Crippen MR) is 149 cm³/mol. The SMILES string of the molecule is C=CCOc1c(CCCCC)cc(CCCCC)cc1[Si](C)(C)C1=C(N(C)C)C=C(C)C1C. The van der Waals surface area contributed by atoms with E-state index >= 15 is 0 Å². The van der Waals surface area contributed by atoms with Crippen LogP contribution >= 0.6 is 0 Å². The summed E-state index contributed by atoms with van der Waals surface area (Å²) in [5.74, 6) is 1.65. The topological polar surface area (TPSA) is 12.5 Å². The number of aryl methyl sites for hydroxylation is 2. The smallest absolute Gasteiger partial charge is 0.122 e. The highest BCUT2D eigenvalue weighted by atomic mass is 28.3. The molecule has 1 aromatic carbocycles. The molecule has 0 saturated carbocycles. The molecule has 1 aliphatic rings. The Morgan fingerprint density at radius 1 is 1.03 bits per heavy atom. The van der Waals surface area contributed by atoms with Crippen molar-refractivity contribution in [3.8, 4) is 5.75 Å². The summed E-state index contributed by atoms with van der Waals surface area (Å²) in [6, 6.07) is 4.98. The van der Waals surface area contributed by atoms with Crippen molar-refractivity contribution in [1.29, 1.82) is 0 Å². The average Bonchev–Trinajstić information content (AvgIpc) is 3.08. The Balaban J connectivity index is 2.67. The van der Waals surface area contributed by atoms with Gasteiger partial charge in [-0.1, -0.05) is 89.9 Å². The van der Waals surface area contributed by atoms with Crippen LogP contribution in [0.5, 0.6) is 5.75 Å². The number of hydrogen-bond donors (Lipinski definition) is 0. The number of benzene rings is 1. The predicted octanol–water partition coefficient (Wildman–Crippen LogP) is 7.58. The number of ether oxygens (including phenoxy) is 1. The molecule has 2 nitrogen and oxygen atoms in total. The number of nitrogens with zero attached hydrogens (tertiary/aromatic N) is 1. The van der Waals surface area contributed by atoms with Crippen LogP contribution in [0, 0.1) is 5.92 Å². The highest BCUT2D eigenvalue weighted by Gasteiger charge is 2.40. The first-order valence-corrected chi connectivity index (χ1v) is 16.2. The third kappa shape index (κ3) is 6.65. The maximum atomic E-state index is 6.50. The monoisotopic (exact) mass is 467 g/mol. The summed E-state index contributed by atoms with van der Waals surface area (Å²) in [6.07, 6.45) is 14.1. The zero-order valence-corrected chi connectivity index (χ0v) is 23.8.